The molecule has 0 atom stereocenters. The fourth-order valence-corrected chi connectivity index (χ4v) is 0.220. The number of primary amides is 1. The van der Waals surface area contributed by atoms with Crippen LogP contribution in [-0.2, 0) is 15.3 Å². The Hall–Kier alpha value is -1.44. The predicted molar refractivity (Wildman–Crippen MR) is 29.6 cm³/mol. The number of carbonyl (C=O) groups excluding carboxylic acids is 1. The third-order valence-electron chi connectivity index (χ3n) is 0.165. The minimum Gasteiger partial charge on any atom is -0.483 e. The largest absolute Gasteiger partial charge is 0.483 e. The van der Waals surface area contributed by atoms with E-state index in [4.69, 9.17) is 9.90 Å². The summed E-state index contributed by atoms with van der Waals surface area (Å²) in [6.07, 6.45) is 0. The van der Waals surface area contributed by atoms with Crippen molar-refractivity contribution in [1.29, 1.82) is 0 Å². The molecule has 0 heterocycles. The molecule has 2 amide bonds. The van der Waals surface area contributed by atoms with Crippen molar-refractivity contribution in [3.8, 4) is 0 Å². The van der Waals surface area contributed by atoms with E-state index in [0.717, 1.165) is 0 Å². The van der Waals surface area contributed by atoms with Crippen LogP contribution in [0.25, 0.3) is 0 Å². The Morgan fingerprint density at radius 2 is 1.90 bits per heavy atom. The predicted octanol–water partition coefficient (Wildman–Crippen LogP) is -1.17. The first-order valence-electron chi connectivity index (χ1n) is 1.73. The molecular weight excluding hydrogens is 164 g/mol. The molecule has 7 nitrogen and oxygen atoms in total. The van der Waals surface area contributed by atoms with Gasteiger partial charge in [-0.25, -0.2) is 4.79 Å². The highest BCUT2D eigenvalue weighted by Crippen LogP contribution is 1.60. The number of nitrogens with zero attached hydrogens (tertiary/aromatic N) is 1. The molecule has 0 aromatic carbocycles. The van der Waals surface area contributed by atoms with Crippen molar-refractivity contribution >= 4 is 23.0 Å². The van der Waals surface area contributed by atoms with Gasteiger partial charge in [-0.15, -0.1) is 0 Å². The van der Waals surface area contributed by atoms with Crippen LogP contribution >= 0.6 is 0 Å². The molecule has 0 saturated heterocycles. The summed E-state index contributed by atoms with van der Waals surface area (Å²) in [4.78, 5) is 17.8. The highest BCUT2D eigenvalue weighted by molar-refractivity contribution is 7.62. The second-order valence-electron chi connectivity index (χ2n) is 0.752. The van der Waals surface area contributed by atoms with Gasteiger partial charge in [0.1, 0.15) is 0 Å². The fourth-order valence-electron chi connectivity index (χ4n) is 0.0735. The monoisotopic (exact) mass is 168 g/mol. The van der Waals surface area contributed by atoms with E-state index in [0.29, 0.717) is 0 Å². The Bertz CT molecular complexity index is 220. The molecule has 0 radical (unpaired) electrons. The Morgan fingerprint density at radius 1 is 1.60 bits per heavy atom. The molecule has 58 valence electrons. The molecule has 0 aliphatic rings. The van der Waals surface area contributed by atoms with Gasteiger partial charge in [0.2, 0.25) is 0 Å². The van der Waals surface area contributed by atoms with Crippen molar-refractivity contribution in [2.45, 2.75) is 0 Å². The molecule has 0 fully saturated rings. The van der Waals surface area contributed by atoms with Crippen molar-refractivity contribution in [2.75, 3.05) is 0 Å². The van der Waals surface area contributed by atoms with Crippen molar-refractivity contribution in [1.82, 2.24) is 0 Å². The Labute approximate surface area is 57.2 Å². The minimum absolute atomic E-state index is 0.250. The molecule has 0 bridgehead atoms. The molecular formula is C2H4N2O5S. The van der Waals surface area contributed by atoms with Crippen LogP contribution in [0, 0.1) is 0 Å². The normalized spacial score (nSPS) is 6.40. The van der Waals surface area contributed by atoms with Crippen LogP contribution in [0.15, 0.2) is 4.36 Å². The second kappa shape index (κ2) is 7.56. The number of carboxylic acid groups (broad SMARTS) is 1. The van der Waals surface area contributed by atoms with E-state index in [1.54, 1.807) is 0 Å². The third kappa shape index (κ3) is 30.9. The standard InChI is InChI=1S/CH2N2O3S.CH2O2/c2-1(4)3-7(5)6;2-1-3/h(H2,2,4);1H,(H,2,3). The van der Waals surface area contributed by atoms with Crippen molar-refractivity contribution in [3.63, 3.8) is 0 Å². The van der Waals surface area contributed by atoms with Gasteiger partial charge < -0.3 is 10.8 Å². The van der Waals surface area contributed by atoms with Gasteiger partial charge in [0.25, 0.3) is 6.47 Å². The number of carbonyl (C=O) groups is 2. The summed E-state index contributed by atoms with van der Waals surface area (Å²) in [5.74, 6) is 0. The molecule has 0 aliphatic carbocycles. The zero-order chi connectivity index (χ0) is 8.57. The van der Waals surface area contributed by atoms with E-state index in [-0.39, 0.29) is 6.47 Å². The highest BCUT2D eigenvalue weighted by atomic mass is 32.2. The Balaban J connectivity index is 0. The van der Waals surface area contributed by atoms with E-state index in [2.05, 4.69) is 10.1 Å². The topological polar surface area (TPSA) is 127 Å². The van der Waals surface area contributed by atoms with E-state index < -0.39 is 16.5 Å². The molecule has 0 saturated carbocycles. The van der Waals surface area contributed by atoms with Crippen LogP contribution in [-0.4, -0.2) is 26.0 Å². The molecule has 0 aromatic rings. The maximum Gasteiger partial charge on any atom is 0.353 e. The van der Waals surface area contributed by atoms with E-state index >= 15 is 0 Å². The molecule has 8 heteroatoms. The van der Waals surface area contributed by atoms with Gasteiger partial charge in [0.05, 0.1) is 0 Å². The van der Waals surface area contributed by atoms with Crippen molar-refractivity contribution in [2.24, 2.45) is 10.1 Å². The lowest BCUT2D eigenvalue weighted by atomic mass is 11.2. The minimum atomic E-state index is -2.70. The first-order valence-corrected chi connectivity index (χ1v) is 2.76. The zero-order valence-corrected chi connectivity index (χ0v) is 5.41. The second-order valence-corrected chi connectivity index (χ2v) is 1.37. The average molecular weight is 168 g/mol. The number of nitrogens with two attached hydrogens (primary N) is 1. The summed E-state index contributed by atoms with van der Waals surface area (Å²) in [5, 5.41) is 6.89. The first-order chi connectivity index (χ1) is 4.54. The number of rotatable bonds is 0. The molecule has 10 heavy (non-hydrogen) atoms. The van der Waals surface area contributed by atoms with Crippen LogP contribution in [0.3, 0.4) is 0 Å². The SMILES string of the molecule is NC(=O)N=S(=O)=O.O=CO. The lowest BCUT2D eigenvalue weighted by Crippen LogP contribution is -2.02. The van der Waals surface area contributed by atoms with Crippen LogP contribution in [0.1, 0.15) is 0 Å². The number of urea groups is 1. The molecule has 0 spiro atoms. The summed E-state index contributed by atoms with van der Waals surface area (Å²) in [5.41, 5.74) is 4.29. The molecule has 0 aromatic heterocycles. The Morgan fingerprint density at radius 3 is 1.90 bits per heavy atom. The summed E-state index contributed by atoms with van der Waals surface area (Å²) >= 11 is 0. The van der Waals surface area contributed by atoms with Crippen LogP contribution < -0.4 is 5.73 Å². The smallest absolute Gasteiger partial charge is 0.353 e. The van der Waals surface area contributed by atoms with Gasteiger partial charge in [-0.05, 0) is 0 Å². The van der Waals surface area contributed by atoms with Gasteiger partial charge in [0.15, 0.2) is 0 Å². The van der Waals surface area contributed by atoms with Crippen molar-refractivity contribution < 1.29 is 23.1 Å². The van der Waals surface area contributed by atoms with Gasteiger partial charge in [-0.2, -0.15) is 8.42 Å². The summed E-state index contributed by atoms with van der Waals surface area (Å²) in [6, 6.07) is -1.20. The van der Waals surface area contributed by atoms with Gasteiger partial charge in [0, 0.05) is 0 Å². The first kappa shape index (κ1) is 11.4. The Kier molecular flexibility index (Phi) is 8.59. The van der Waals surface area contributed by atoms with Crippen LogP contribution in [0.4, 0.5) is 4.79 Å². The quantitative estimate of drug-likeness (QED) is 0.440. The van der Waals surface area contributed by atoms with E-state index in [1.807, 2.05) is 0 Å². The van der Waals surface area contributed by atoms with Gasteiger partial charge >= 0.3 is 16.5 Å². The highest BCUT2D eigenvalue weighted by Gasteiger charge is 1.80. The lowest BCUT2D eigenvalue weighted by Gasteiger charge is -1.64. The van der Waals surface area contributed by atoms with Gasteiger partial charge in [-0.3, -0.25) is 4.79 Å². The number of amides is 2. The maximum atomic E-state index is 9.47. The van der Waals surface area contributed by atoms with Crippen LogP contribution in [0.2, 0.25) is 0 Å². The van der Waals surface area contributed by atoms with Crippen molar-refractivity contribution in [3.05, 3.63) is 0 Å². The molecule has 0 rings (SSSR count). The van der Waals surface area contributed by atoms with Crippen LogP contribution in [0.5, 0.6) is 0 Å². The van der Waals surface area contributed by atoms with E-state index in [1.165, 1.54) is 0 Å². The van der Waals surface area contributed by atoms with Gasteiger partial charge in [-0.1, -0.05) is 4.36 Å². The molecule has 0 unspecified atom stereocenters. The molecule has 0 aliphatic heterocycles. The number of hydrogen-bond acceptors (Lipinski definition) is 4. The third-order valence-corrected chi connectivity index (χ3v) is 0.494. The summed E-state index contributed by atoms with van der Waals surface area (Å²) in [7, 11) is -2.70. The average Bonchev–Trinajstić information content (AvgIpc) is 1.62. The zero-order valence-electron chi connectivity index (χ0n) is 4.59. The fraction of sp³-hybridized carbons (Fsp3) is 0. The maximum absolute atomic E-state index is 9.47. The summed E-state index contributed by atoms with van der Waals surface area (Å²) in [6.45, 7) is -0.250. The van der Waals surface area contributed by atoms with E-state index in [9.17, 15) is 13.2 Å². The summed E-state index contributed by atoms with van der Waals surface area (Å²) < 4.78 is 21.0. The lowest BCUT2D eigenvalue weighted by molar-refractivity contribution is -0.122. The molecule has 3 N–H and O–H groups in total. The number of hydrogen-bond donors (Lipinski definition) is 2.